The summed E-state index contributed by atoms with van der Waals surface area (Å²) in [6.45, 7) is 1.26. The van der Waals surface area contributed by atoms with Gasteiger partial charge >= 0.3 is 0 Å². The van der Waals surface area contributed by atoms with Crippen molar-refractivity contribution in [1.29, 1.82) is 0 Å². The summed E-state index contributed by atoms with van der Waals surface area (Å²) < 4.78 is 5.21. The number of fused-ring (bicyclic) bond motifs is 1. The van der Waals surface area contributed by atoms with Crippen molar-refractivity contribution in [1.82, 2.24) is 15.6 Å². The summed E-state index contributed by atoms with van der Waals surface area (Å²) in [6, 6.07) is 24.2. The summed E-state index contributed by atoms with van der Waals surface area (Å²) in [7, 11) is 1.66. The second kappa shape index (κ2) is 9.86. The smallest absolute Gasteiger partial charge is 0.166 e. The van der Waals surface area contributed by atoms with Crippen LogP contribution < -0.4 is 15.4 Å². The van der Waals surface area contributed by atoms with E-state index in [1.165, 1.54) is 10.9 Å². The van der Waals surface area contributed by atoms with Crippen molar-refractivity contribution in [2.24, 2.45) is 0 Å². The highest BCUT2D eigenvalue weighted by atomic mass is 35.5. The number of rotatable bonds is 7. The SMILES string of the molecule is COc1ccc(CNC(=S)NC[C@@H](c2ccccc2Cl)c2c[nH]c3ccccc23)cc1. The molecule has 3 N–H and O–H groups in total. The molecule has 0 amide bonds. The Morgan fingerprint density at radius 3 is 2.48 bits per heavy atom. The summed E-state index contributed by atoms with van der Waals surface area (Å²) in [5.41, 5.74) is 4.49. The number of aromatic nitrogens is 1. The fourth-order valence-electron chi connectivity index (χ4n) is 3.71. The number of H-pyrrole nitrogens is 1. The van der Waals surface area contributed by atoms with Gasteiger partial charge in [-0.25, -0.2) is 0 Å². The van der Waals surface area contributed by atoms with E-state index in [1.54, 1.807) is 7.11 Å². The lowest BCUT2D eigenvalue weighted by atomic mass is 9.91. The fourth-order valence-corrected chi connectivity index (χ4v) is 4.13. The first-order valence-corrected chi connectivity index (χ1v) is 10.9. The van der Waals surface area contributed by atoms with E-state index in [2.05, 4.69) is 46.1 Å². The van der Waals surface area contributed by atoms with Gasteiger partial charge in [0.1, 0.15) is 5.75 Å². The van der Waals surface area contributed by atoms with E-state index >= 15 is 0 Å². The minimum absolute atomic E-state index is 0.0468. The van der Waals surface area contributed by atoms with Gasteiger partial charge in [-0.1, -0.05) is 60.1 Å². The van der Waals surface area contributed by atoms with E-state index in [1.807, 2.05) is 48.5 Å². The maximum Gasteiger partial charge on any atom is 0.166 e. The zero-order valence-electron chi connectivity index (χ0n) is 17.2. The van der Waals surface area contributed by atoms with E-state index in [-0.39, 0.29) is 5.92 Å². The Morgan fingerprint density at radius 2 is 1.71 bits per heavy atom. The molecule has 4 aromatic rings. The third-order valence-electron chi connectivity index (χ3n) is 5.36. The lowest BCUT2D eigenvalue weighted by molar-refractivity contribution is 0.414. The number of halogens is 1. The molecule has 1 aromatic heterocycles. The number of para-hydroxylation sites is 1. The molecule has 0 aliphatic carbocycles. The van der Waals surface area contributed by atoms with Crippen molar-refractivity contribution < 1.29 is 4.74 Å². The van der Waals surface area contributed by atoms with Crippen molar-refractivity contribution in [3.05, 3.63) is 101 Å². The van der Waals surface area contributed by atoms with Gasteiger partial charge in [0.25, 0.3) is 0 Å². The second-order valence-corrected chi connectivity index (χ2v) is 8.09. The molecule has 0 aliphatic rings. The average molecular weight is 450 g/mol. The van der Waals surface area contributed by atoms with Gasteiger partial charge in [-0.2, -0.15) is 0 Å². The molecule has 0 radical (unpaired) electrons. The van der Waals surface area contributed by atoms with Crippen molar-refractivity contribution in [3.63, 3.8) is 0 Å². The summed E-state index contributed by atoms with van der Waals surface area (Å²) >= 11 is 12.1. The molecule has 0 spiro atoms. The molecule has 4 nitrogen and oxygen atoms in total. The molecule has 31 heavy (non-hydrogen) atoms. The summed E-state index contributed by atoms with van der Waals surface area (Å²) in [5, 5.41) is 9.19. The molecule has 0 saturated heterocycles. The lowest BCUT2D eigenvalue weighted by Gasteiger charge is -2.20. The Kier molecular flexibility index (Phi) is 6.75. The Morgan fingerprint density at radius 1 is 0.968 bits per heavy atom. The van der Waals surface area contributed by atoms with Crippen LogP contribution >= 0.6 is 23.8 Å². The van der Waals surface area contributed by atoms with Gasteiger partial charge in [-0.15, -0.1) is 0 Å². The van der Waals surface area contributed by atoms with Gasteiger partial charge in [0.15, 0.2) is 5.11 Å². The third-order valence-corrected chi connectivity index (χ3v) is 5.99. The van der Waals surface area contributed by atoms with Crippen LogP contribution in [0, 0.1) is 0 Å². The number of benzene rings is 3. The monoisotopic (exact) mass is 449 g/mol. The van der Waals surface area contributed by atoms with E-state index < -0.39 is 0 Å². The van der Waals surface area contributed by atoms with Crippen LogP contribution in [-0.4, -0.2) is 23.8 Å². The second-order valence-electron chi connectivity index (χ2n) is 7.28. The van der Waals surface area contributed by atoms with E-state index in [0.717, 1.165) is 27.4 Å². The molecule has 1 atom stereocenters. The Hall–Kier alpha value is -3.02. The van der Waals surface area contributed by atoms with Crippen LogP contribution in [0.1, 0.15) is 22.6 Å². The van der Waals surface area contributed by atoms with Gasteiger partial charge in [-0.3, -0.25) is 0 Å². The number of nitrogens with one attached hydrogen (secondary N) is 3. The van der Waals surface area contributed by atoms with Gasteiger partial charge in [0, 0.05) is 41.1 Å². The first kappa shape index (κ1) is 21.2. The molecule has 4 rings (SSSR count). The Labute approximate surface area is 192 Å². The minimum Gasteiger partial charge on any atom is -0.497 e. The van der Waals surface area contributed by atoms with Gasteiger partial charge < -0.3 is 20.4 Å². The molecule has 0 aliphatic heterocycles. The van der Waals surface area contributed by atoms with E-state index in [9.17, 15) is 0 Å². The molecule has 3 aromatic carbocycles. The van der Waals surface area contributed by atoms with E-state index in [4.69, 9.17) is 28.6 Å². The van der Waals surface area contributed by atoms with Crippen molar-refractivity contribution in [2.45, 2.75) is 12.5 Å². The zero-order valence-corrected chi connectivity index (χ0v) is 18.8. The molecule has 1 heterocycles. The third kappa shape index (κ3) is 5.01. The van der Waals surface area contributed by atoms with Gasteiger partial charge in [0.2, 0.25) is 0 Å². The molecule has 6 heteroatoms. The van der Waals surface area contributed by atoms with Crippen LogP contribution in [0.2, 0.25) is 5.02 Å². The molecular weight excluding hydrogens is 426 g/mol. The van der Waals surface area contributed by atoms with Gasteiger partial charge in [0.05, 0.1) is 7.11 Å². The molecule has 0 saturated carbocycles. The fraction of sp³-hybridized carbons (Fsp3) is 0.160. The van der Waals surface area contributed by atoms with Gasteiger partial charge in [-0.05, 0) is 53.2 Å². The molecule has 0 unspecified atom stereocenters. The molecule has 158 valence electrons. The van der Waals surface area contributed by atoms with Crippen LogP contribution in [0.4, 0.5) is 0 Å². The molecule has 0 fully saturated rings. The van der Waals surface area contributed by atoms with Crippen LogP contribution in [0.25, 0.3) is 10.9 Å². The van der Waals surface area contributed by atoms with Crippen molar-refractivity contribution in [2.75, 3.05) is 13.7 Å². The maximum atomic E-state index is 6.57. The number of ether oxygens (including phenoxy) is 1. The topological polar surface area (TPSA) is 49.1 Å². The normalized spacial score (nSPS) is 11.8. The minimum atomic E-state index is 0.0468. The predicted octanol–water partition coefficient (Wildman–Crippen LogP) is 5.63. The summed E-state index contributed by atoms with van der Waals surface area (Å²) in [6.07, 6.45) is 2.06. The largest absolute Gasteiger partial charge is 0.497 e. The first-order valence-electron chi connectivity index (χ1n) is 10.1. The van der Waals surface area contributed by atoms with Crippen molar-refractivity contribution >= 4 is 39.8 Å². The highest BCUT2D eigenvalue weighted by Gasteiger charge is 2.20. The predicted molar refractivity (Wildman–Crippen MR) is 132 cm³/mol. The summed E-state index contributed by atoms with van der Waals surface area (Å²) in [5.74, 6) is 0.886. The number of aromatic amines is 1. The summed E-state index contributed by atoms with van der Waals surface area (Å²) in [4.78, 5) is 3.37. The molecular formula is C25H24ClN3OS. The van der Waals surface area contributed by atoms with Crippen molar-refractivity contribution in [3.8, 4) is 5.75 Å². The highest BCUT2D eigenvalue weighted by Crippen LogP contribution is 2.34. The lowest BCUT2D eigenvalue weighted by Crippen LogP contribution is -2.37. The first-order chi connectivity index (χ1) is 15.2. The van der Waals surface area contributed by atoms with Crippen LogP contribution in [0.15, 0.2) is 79.0 Å². The van der Waals surface area contributed by atoms with E-state index in [0.29, 0.717) is 18.2 Å². The van der Waals surface area contributed by atoms with Crippen LogP contribution in [0.3, 0.4) is 0 Å². The standard InChI is InChI=1S/C25H24ClN3OS/c1-30-18-12-10-17(11-13-18)14-28-25(31)29-16-21(19-6-2-4-8-23(19)26)22-15-27-24-9-5-3-7-20(22)24/h2-13,15,21,27H,14,16H2,1H3,(H2,28,29,31)/t21-/m0/s1. The zero-order chi connectivity index (χ0) is 21.6. The molecule has 0 bridgehead atoms. The number of hydrogen-bond donors (Lipinski definition) is 3. The average Bonchev–Trinajstić information content (AvgIpc) is 3.23. The number of thiocarbonyl (C=S) groups is 1. The van der Waals surface area contributed by atoms with Crippen LogP contribution in [0.5, 0.6) is 5.75 Å². The Bertz CT molecular complexity index is 1170. The Balaban J connectivity index is 1.49. The number of hydrogen-bond acceptors (Lipinski definition) is 2. The maximum absolute atomic E-state index is 6.57. The number of methoxy groups -OCH3 is 1. The highest BCUT2D eigenvalue weighted by molar-refractivity contribution is 7.80. The van der Waals surface area contributed by atoms with Crippen LogP contribution in [-0.2, 0) is 6.54 Å². The quantitative estimate of drug-likeness (QED) is 0.320.